The maximum atomic E-state index is 11.9. The molecule has 0 aromatic rings. The van der Waals surface area contributed by atoms with E-state index in [2.05, 4.69) is 5.32 Å². The van der Waals surface area contributed by atoms with Crippen molar-refractivity contribution in [2.75, 3.05) is 26.2 Å². The van der Waals surface area contributed by atoms with Crippen LogP contribution in [-0.4, -0.2) is 76.2 Å². The average molecular weight is 285 g/mol. The molecule has 2 fully saturated rings. The molecular formula is C12H19N3O5. The number of carboxylic acids is 1. The molecule has 3 N–H and O–H groups in total. The highest BCUT2D eigenvalue weighted by Crippen LogP contribution is 2.22. The summed E-state index contributed by atoms with van der Waals surface area (Å²) in [7, 11) is 0. The molecule has 112 valence electrons. The first-order valence-corrected chi connectivity index (χ1v) is 6.72. The van der Waals surface area contributed by atoms with E-state index in [1.54, 1.807) is 4.90 Å². The number of urea groups is 1. The zero-order valence-electron chi connectivity index (χ0n) is 11.1. The van der Waals surface area contributed by atoms with Crippen molar-refractivity contribution in [2.24, 2.45) is 0 Å². The molecule has 2 rings (SSSR count). The van der Waals surface area contributed by atoms with E-state index >= 15 is 0 Å². The summed E-state index contributed by atoms with van der Waals surface area (Å²) < 4.78 is 0. The topological polar surface area (TPSA) is 110 Å². The summed E-state index contributed by atoms with van der Waals surface area (Å²) in [5, 5.41) is 20.2. The van der Waals surface area contributed by atoms with Gasteiger partial charge in [-0.05, 0) is 6.42 Å². The number of carboxylic acid groups (broad SMARTS) is 1. The summed E-state index contributed by atoms with van der Waals surface area (Å²) in [6.45, 7) is 1.65. The number of nitrogens with zero attached hydrogens (tertiary/aromatic N) is 2. The third-order valence-electron chi connectivity index (χ3n) is 3.76. The van der Waals surface area contributed by atoms with Gasteiger partial charge in [0.2, 0.25) is 5.91 Å². The van der Waals surface area contributed by atoms with Crippen LogP contribution >= 0.6 is 0 Å². The van der Waals surface area contributed by atoms with Gasteiger partial charge >= 0.3 is 12.0 Å². The molecule has 0 saturated carbocycles. The summed E-state index contributed by atoms with van der Waals surface area (Å²) in [6, 6.07) is -0.173. The van der Waals surface area contributed by atoms with Gasteiger partial charge < -0.3 is 25.3 Å². The summed E-state index contributed by atoms with van der Waals surface area (Å²) in [5.74, 6) is -1.14. The number of rotatable bonds is 4. The summed E-state index contributed by atoms with van der Waals surface area (Å²) in [5.41, 5.74) is 0. The van der Waals surface area contributed by atoms with Crippen LogP contribution in [0.3, 0.4) is 0 Å². The quantitative estimate of drug-likeness (QED) is 0.603. The molecule has 0 bridgehead atoms. The molecule has 2 heterocycles. The van der Waals surface area contributed by atoms with Crippen LogP contribution in [0.5, 0.6) is 0 Å². The summed E-state index contributed by atoms with van der Waals surface area (Å²) in [4.78, 5) is 37.3. The number of fused-ring (bicyclic) bond motifs is 1. The number of hydrogen-bond donors (Lipinski definition) is 3. The molecule has 0 aromatic heterocycles. The molecule has 8 heteroatoms. The van der Waals surface area contributed by atoms with E-state index in [9.17, 15) is 14.4 Å². The zero-order valence-corrected chi connectivity index (χ0v) is 11.1. The van der Waals surface area contributed by atoms with E-state index in [0.29, 0.717) is 26.1 Å². The smallest absolute Gasteiger partial charge is 0.332 e. The van der Waals surface area contributed by atoms with Crippen molar-refractivity contribution >= 4 is 17.9 Å². The number of carbonyl (C=O) groups excluding carboxylic acids is 2. The lowest BCUT2D eigenvalue weighted by Crippen LogP contribution is -2.55. The minimum atomic E-state index is -1.46. The van der Waals surface area contributed by atoms with Crippen molar-refractivity contribution < 1.29 is 24.6 Å². The van der Waals surface area contributed by atoms with Crippen LogP contribution in [-0.2, 0) is 9.59 Å². The molecule has 3 amide bonds. The van der Waals surface area contributed by atoms with Gasteiger partial charge in [0, 0.05) is 45.1 Å². The second-order valence-corrected chi connectivity index (χ2v) is 5.10. The number of amides is 3. The Morgan fingerprint density at radius 1 is 1.40 bits per heavy atom. The highest BCUT2D eigenvalue weighted by atomic mass is 16.4. The molecular weight excluding hydrogens is 266 g/mol. The van der Waals surface area contributed by atoms with Crippen molar-refractivity contribution in [1.29, 1.82) is 0 Å². The van der Waals surface area contributed by atoms with Gasteiger partial charge in [0.05, 0.1) is 0 Å². The Morgan fingerprint density at radius 2 is 2.15 bits per heavy atom. The molecule has 8 nitrogen and oxygen atoms in total. The highest BCUT2D eigenvalue weighted by molar-refractivity contribution is 5.80. The van der Waals surface area contributed by atoms with Crippen LogP contribution < -0.4 is 5.32 Å². The lowest BCUT2D eigenvalue weighted by Gasteiger charge is -2.37. The number of aliphatic hydroxyl groups is 1. The van der Waals surface area contributed by atoms with E-state index in [4.69, 9.17) is 10.2 Å². The summed E-state index contributed by atoms with van der Waals surface area (Å²) >= 11 is 0. The third-order valence-corrected chi connectivity index (χ3v) is 3.76. The second-order valence-electron chi connectivity index (χ2n) is 5.10. The van der Waals surface area contributed by atoms with Crippen LogP contribution in [0.15, 0.2) is 0 Å². The van der Waals surface area contributed by atoms with Gasteiger partial charge in [-0.15, -0.1) is 0 Å². The van der Waals surface area contributed by atoms with Gasteiger partial charge in [-0.1, -0.05) is 0 Å². The molecule has 2 atom stereocenters. The number of nitrogens with one attached hydrogen (secondary N) is 1. The number of hydrogen-bond acceptors (Lipinski definition) is 4. The van der Waals surface area contributed by atoms with Crippen molar-refractivity contribution in [3.63, 3.8) is 0 Å². The van der Waals surface area contributed by atoms with Gasteiger partial charge in [0.15, 0.2) is 6.10 Å². The van der Waals surface area contributed by atoms with E-state index in [1.165, 1.54) is 0 Å². The fourth-order valence-electron chi connectivity index (χ4n) is 2.60. The number of carbonyl (C=O) groups is 3. The molecule has 2 aliphatic rings. The highest BCUT2D eigenvalue weighted by Gasteiger charge is 2.36. The van der Waals surface area contributed by atoms with Gasteiger partial charge in [-0.25, -0.2) is 9.59 Å². The minimum absolute atomic E-state index is 0.0248. The Balaban J connectivity index is 1.74. The average Bonchev–Trinajstić information content (AvgIpc) is 2.79. The van der Waals surface area contributed by atoms with Crippen molar-refractivity contribution in [1.82, 2.24) is 15.1 Å². The Kier molecular flexibility index (Phi) is 4.43. The lowest BCUT2D eigenvalue weighted by atomic mass is 10.1. The predicted molar refractivity (Wildman–Crippen MR) is 68.0 cm³/mol. The largest absolute Gasteiger partial charge is 0.479 e. The van der Waals surface area contributed by atoms with E-state index < -0.39 is 12.1 Å². The SMILES string of the molecule is O=C(O)C(O)CCNC(=O)N1CCN2C(=O)CCC2C1. The maximum Gasteiger partial charge on any atom is 0.332 e. The van der Waals surface area contributed by atoms with Crippen LogP contribution in [0, 0.1) is 0 Å². The Bertz CT molecular complexity index is 414. The van der Waals surface area contributed by atoms with Crippen molar-refractivity contribution in [3.05, 3.63) is 0 Å². The third kappa shape index (κ3) is 3.19. The lowest BCUT2D eigenvalue weighted by molar-refractivity contribution is -0.146. The Labute approximate surface area is 116 Å². The Hall–Kier alpha value is -1.83. The van der Waals surface area contributed by atoms with Crippen LogP contribution in [0.25, 0.3) is 0 Å². The van der Waals surface area contributed by atoms with Gasteiger partial charge in [-0.3, -0.25) is 4.79 Å². The standard InChI is InChI=1S/C12H19N3O5/c16-9(11(18)19)3-4-13-12(20)14-5-6-15-8(7-14)1-2-10(15)17/h8-9,16H,1-7H2,(H,13,20)(H,18,19). The molecule has 2 aliphatic heterocycles. The molecule has 0 aromatic carbocycles. The minimum Gasteiger partial charge on any atom is -0.479 e. The van der Waals surface area contributed by atoms with E-state index in [-0.39, 0.29) is 30.9 Å². The van der Waals surface area contributed by atoms with Crippen LogP contribution in [0.1, 0.15) is 19.3 Å². The molecule has 0 radical (unpaired) electrons. The molecule has 2 unspecified atom stereocenters. The normalized spacial score (nSPS) is 23.4. The fraction of sp³-hybridized carbons (Fsp3) is 0.750. The van der Waals surface area contributed by atoms with Crippen LogP contribution in [0.2, 0.25) is 0 Å². The molecule has 0 spiro atoms. The molecule has 20 heavy (non-hydrogen) atoms. The number of aliphatic carboxylic acids is 1. The second kappa shape index (κ2) is 6.08. The maximum absolute atomic E-state index is 11.9. The van der Waals surface area contributed by atoms with Gasteiger partial charge in [0.1, 0.15) is 0 Å². The first-order valence-electron chi connectivity index (χ1n) is 6.72. The predicted octanol–water partition coefficient (Wildman–Crippen LogP) is -1.16. The van der Waals surface area contributed by atoms with Crippen molar-refractivity contribution in [2.45, 2.75) is 31.4 Å². The van der Waals surface area contributed by atoms with Gasteiger partial charge in [0.25, 0.3) is 0 Å². The monoisotopic (exact) mass is 285 g/mol. The summed E-state index contributed by atoms with van der Waals surface area (Å²) in [6.07, 6.45) is -0.159. The number of aliphatic hydroxyl groups excluding tert-OH is 1. The number of piperazine rings is 1. The Morgan fingerprint density at radius 3 is 2.85 bits per heavy atom. The van der Waals surface area contributed by atoms with Crippen LogP contribution in [0.4, 0.5) is 4.79 Å². The molecule has 2 saturated heterocycles. The van der Waals surface area contributed by atoms with E-state index in [0.717, 1.165) is 6.42 Å². The van der Waals surface area contributed by atoms with E-state index in [1.807, 2.05) is 4.90 Å². The first-order chi connectivity index (χ1) is 9.49. The van der Waals surface area contributed by atoms with Crippen molar-refractivity contribution in [3.8, 4) is 0 Å². The van der Waals surface area contributed by atoms with Gasteiger partial charge in [-0.2, -0.15) is 0 Å². The zero-order chi connectivity index (χ0) is 14.7. The molecule has 0 aliphatic carbocycles. The fourth-order valence-corrected chi connectivity index (χ4v) is 2.60. The first kappa shape index (κ1) is 14.6.